The summed E-state index contributed by atoms with van der Waals surface area (Å²) in [7, 11) is 0. The van der Waals surface area contributed by atoms with Crippen LogP contribution in [-0.2, 0) is 4.79 Å². The molecule has 14 heavy (non-hydrogen) atoms. The highest BCUT2D eigenvalue weighted by atomic mass is 16.2. The molecule has 0 spiro atoms. The fraction of sp³-hybridized carbons (Fsp3) is 0.900. The fourth-order valence-corrected chi connectivity index (χ4v) is 1.94. The van der Waals surface area contributed by atoms with Crippen molar-refractivity contribution in [1.29, 1.82) is 0 Å². The van der Waals surface area contributed by atoms with Crippen molar-refractivity contribution in [2.24, 2.45) is 11.7 Å². The molecule has 1 atom stereocenters. The third-order valence-corrected chi connectivity index (χ3v) is 3.11. The van der Waals surface area contributed by atoms with Crippen molar-refractivity contribution in [2.45, 2.75) is 25.3 Å². The van der Waals surface area contributed by atoms with Crippen LogP contribution in [-0.4, -0.2) is 43.0 Å². The summed E-state index contributed by atoms with van der Waals surface area (Å²) in [5.41, 5.74) is 5.32. The Balaban J connectivity index is 1.67. The van der Waals surface area contributed by atoms with E-state index in [1.165, 1.54) is 12.8 Å². The summed E-state index contributed by atoms with van der Waals surface area (Å²) in [4.78, 5) is 13.1. The molecular weight excluding hydrogens is 178 g/mol. The lowest BCUT2D eigenvalue weighted by Crippen LogP contribution is -2.38. The number of likely N-dealkylation sites (tertiary alicyclic amines) is 1. The van der Waals surface area contributed by atoms with E-state index < -0.39 is 0 Å². The summed E-state index contributed by atoms with van der Waals surface area (Å²) < 4.78 is 0. The third kappa shape index (κ3) is 2.45. The maximum absolute atomic E-state index is 11.3. The molecule has 2 aliphatic rings. The first-order valence-corrected chi connectivity index (χ1v) is 5.51. The van der Waals surface area contributed by atoms with Gasteiger partial charge in [-0.25, -0.2) is 0 Å². The maximum atomic E-state index is 11.3. The number of carbonyl (C=O) groups excluding carboxylic acids is 1. The summed E-state index contributed by atoms with van der Waals surface area (Å²) in [5, 5.41) is 3.52. The van der Waals surface area contributed by atoms with Gasteiger partial charge in [0.05, 0.1) is 6.54 Å². The molecule has 0 radical (unpaired) electrons. The Bertz CT molecular complexity index is 215. The molecule has 0 aromatic heterocycles. The number of hydrogen-bond donors (Lipinski definition) is 2. The van der Waals surface area contributed by atoms with Crippen LogP contribution in [0.1, 0.15) is 19.3 Å². The quantitative estimate of drug-likeness (QED) is 0.641. The van der Waals surface area contributed by atoms with E-state index >= 15 is 0 Å². The first kappa shape index (κ1) is 9.93. The lowest BCUT2D eigenvalue weighted by molar-refractivity contribution is -0.128. The Labute approximate surface area is 84.8 Å². The van der Waals surface area contributed by atoms with Crippen molar-refractivity contribution in [2.75, 3.05) is 26.2 Å². The number of nitrogens with one attached hydrogen (secondary N) is 1. The molecule has 80 valence electrons. The van der Waals surface area contributed by atoms with Gasteiger partial charge in [0.2, 0.25) is 5.91 Å². The number of nitrogens with two attached hydrogens (primary N) is 1. The molecule has 4 nitrogen and oxygen atoms in total. The van der Waals surface area contributed by atoms with Crippen LogP contribution in [0, 0.1) is 5.92 Å². The van der Waals surface area contributed by atoms with Crippen LogP contribution in [0.5, 0.6) is 0 Å². The molecule has 1 aliphatic carbocycles. The molecule has 2 fully saturated rings. The standard InChI is InChI=1S/C10H19N3O/c11-5-10(14)13-4-3-9(7-13)12-6-8-1-2-8/h8-9,12H,1-7,11H2/t9-/m1/s1. The van der Waals surface area contributed by atoms with E-state index in [0.717, 1.165) is 32.0 Å². The molecule has 0 aromatic carbocycles. The van der Waals surface area contributed by atoms with Crippen molar-refractivity contribution < 1.29 is 4.79 Å². The third-order valence-electron chi connectivity index (χ3n) is 3.11. The molecule has 2 rings (SSSR count). The number of rotatable bonds is 4. The summed E-state index contributed by atoms with van der Waals surface area (Å²) in [6.07, 6.45) is 3.84. The van der Waals surface area contributed by atoms with Crippen molar-refractivity contribution in [1.82, 2.24) is 10.2 Å². The van der Waals surface area contributed by atoms with E-state index in [4.69, 9.17) is 5.73 Å². The average Bonchev–Trinajstić information content (AvgIpc) is 2.92. The minimum absolute atomic E-state index is 0.0840. The molecule has 0 aromatic rings. The molecule has 0 bridgehead atoms. The van der Waals surface area contributed by atoms with Gasteiger partial charge >= 0.3 is 0 Å². The number of carbonyl (C=O) groups is 1. The number of amides is 1. The molecule has 1 saturated heterocycles. The van der Waals surface area contributed by atoms with Gasteiger partial charge in [0, 0.05) is 19.1 Å². The second-order valence-electron chi connectivity index (χ2n) is 4.38. The van der Waals surface area contributed by atoms with E-state index in [0.29, 0.717) is 6.04 Å². The molecular formula is C10H19N3O. The molecule has 4 heteroatoms. The SMILES string of the molecule is NCC(=O)N1CC[C@@H](NCC2CC2)C1. The largest absolute Gasteiger partial charge is 0.340 e. The van der Waals surface area contributed by atoms with Crippen molar-refractivity contribution in [3.05, 3.63) is 0 Å². The zero-order valence-corrected chi connectivity index (χ0v) is 8.54. The Hall–Kier alpha value is -0.610. The monoisotopic (exact) mass is 197 g/mol. The van der Waals surface area contributed by atoms with Gasteiger partial charge in [-0.15, -0.1) is 0 Å². The molecule has 1 saturated carbocycles. The second-order valence-corrected chi connectivity index (χ2v) is 4.38. The van der Waals surface area contributed by atoms with Gasteiger partial charge < -0.3 is 16.0 Å². The predicted molar refractivity (Wildman–Crippen MR) is 54.8 cm³/mol. The van der Waals surface area contributed by atoms with E-state index in [9.17, 15) is 4.79 Å². The average molecular weight is 197 g/mol. The lowest BCUT2D eigenvalue weighted by atomic mass is 10.2. The topological polar surface area (TPSA) is 58.4 Å². The Morgan fingerprint density at radius 2 is 2.21 bits per heavy atom. The zero-order valence-electron chi connectivity index (χ0n) is 8.54. The predicted octanol–water partition coefficient (Wildman–Crippen LogP) is -0.454. The Morgan fingerprint density at radius 3 is 2.86 bits per heavy atom. The maximum Gasteiger partial charge on any atom is 0.236 e. The van der Waals surface area contributed by atoms with Gasteiger partial charge in [0.25, 0.3) is 0 Å². The van der Waals surface area contributed by atoms with E-state index in [-0.39, 0.29) is 12.5 Å². The first-order chi connectivity index (χ1) is 6.79. The van der Waals surface area contributed by atoms with Gasteiger partial charge in [0.1, 0.15) is 0 Å². The highest BCUT2D eigenvalue weighted by molar-refractivity contribution is 5.78. The molecule has 1 heterocycles. The van der Waals surface area contributed by atoms with E-state index in [1.807, 2.05) is 4.90 Å². The first-order valence-electron chi connectivity index (χ1n) is 5.51. The fourth-order valence-electron chi connectivity index (χ4n) is 1.94. The number of nitrogens with zero attached hydrogens (tertiary/aromatic N) is 1. The highest BCUT2D eigenvalue weighted by Crippen LogP contribution is 2.28. The van der Waals surface area contributed by atoms with Gasteiger partial charge in [-0.1, -0.05) is 0 Å². The van der Waals surface area contributed by atoms with Crippen LogP contribution >= 0.6 is 0 Å². The van der Waals surface area contributed by atoms with Gasteiger partial charge in [-0.2, -0.15) is 0 Å². The summed E-state index contributed by atoms with van der Waals surface area (Å²) in [5.74, 6) is 0.995. The van der Waals surface area contributed by atoms with Crippen LogP contribution in [0.3, 0.4) is 0 Å². The normalized spacial score (nSPS) is 26.9. The van der Waals surface area contributed by atoms with E-state index in [2.05, 4.69) is 5.32 Å². The summed E-state index contributed by atoms with van der Waals surface area (Å²) in [6.45, 7) is 3.01. The molecule has 1 amide bonds. The Kier molecular flexibility index (Phi) is 3.03. The van der Waals surface area contributed by atoms with Gasteiger partial charge in [-0.3, -0.25) is 4.79 Å². The van der Waals surface area contributed by atoms with Crippen LogP contribution < -0.4 is 11.1 Å². The van der Waals surface area contributed by atoms with E-state index in [1.54, 1.807) is 0 Å². The van der Waals surface area contributed by atoms with Crippen LogP contribution in [0.25, 0.3) is 0 Å². The number of hydrogen-bond acceptors (Lipinski definition) is 3. The van der Waals surface area contributed by atoms with Crippen LogP contribution in [0.4, 0.5) is 0 Å². The molecule has 1 aliphatic heterocycles. The summed E-state index contributed by atoms with van der Waals surface area (Å²) >= 11 is 0. The van der Waals surface area contributed by atoms with Crippen molar-refractivity contribution >= 4 is 5.91 Å². The van der Waals surface area contributed by atoms with Crippen molar-refractivity contribution in [3.8, 4) is 0 Å². The molecule has 3 N–H and O–H groups in total. The minimum Gasteiger partial charge on any atom is -0.340 e. The van der Waals surface area contributed by atoms with Crippen LogP contribution in [0.2, 0.25) is 0 Å². The minimum atomic E-state index is 0.0840. The molecule has 0 unspecified atom stereocenters. The Morgan fingerprint density at radius 1 is 1.43 bits per heavy atom. The second kappa shape index (κ2) is 4.28. The van der Waals surface area contributed by atoms with Gasteiger partial charge in [0.15, 0.2) is 0 Å². The zero-order chi connectivity index (χ0) is 9.97. The van der Waals surface area contributed by atoms with Crippen LogP contribution in [0.15, 0.2) is 0 Å². The van der Waals surface area contributed by atoms with Crippen molar-refractivity contribution in [3.63, 3.8) is 0 Å². The lowest BCUT2D eigenvalue weighted by Gasteiger charge is -2.15. The smallest absolute Gasteiger partial charge is 0.236 e. The van der Waals surface area contributed by atoms with Gasteiger partial charge in [-0.05, 0) is 31.7 Å². The summed E-state index contributed by atoms with van der Waals surface area (Å²) in [6, 6.07) is 0.506. The highest BCUT2D eigenvalue weighted by Gasteiger charge is 2.27.